The van der Waals surface area contributed by atoms with Gasteiger partial charge >= 0.3 is 0 Å². The summed E-state index contributed by atoms with van der Waals surface area (Å²) in [6.45, 7) is 5.34. The molecule has 0 aliphatic rings. The molecule has 0 unspecified atom stereocenters. The highest BCUT2D eigenvalue weighted by atomic mass is 32.1. The van der Waals surface area contributed by atoms with Gasteiger partial charge < -0.3 is 5.32 Å². The van der Waals surface area contributed by atoms with Crippen molar-refractivity contribution in [2.24, 2.45) is 5.92 Å². The van der Waals surface area contributed by atoms with Crippen LogP contribution in [-0.2, 0) is 6.54 Å². The quantitative estimate of drug-likeness (QED) is 0.651. The second-order valence-corrected chi connectivity index (χ2v) is 7.89. The molecule has 3 heterocycles. The first-order valence-electron chi connectivity index (χ1n) is 6.98. The Kier molecular flexibility index (Phi) is 4.85. The molecule has 0 radical (unpaired) electrons. The molecule has 0 fully saturated rings. The molecule has 0 aliphatic carbocycles. The van der Waals surface area contributed by atoms with Crippen LogP contribution in [0.5, 0.6) is 0 Å². The lowest BCUT2D eigenvalue weighted by Crippen LogP contribution is -2.24. The van der Waals surface area contributed by atoms with Crippen molar-refractivity contribution in [3.05, 3.63) is 50.3 Å². The molecule has 5 heteroatoms. The maximum absolute atomic E-state index is 4.73. The van der Waals surface area contributed by atoms with Gasteiger partial charge in [-0.15, -0.1) is 22.7 Å². The summed E-state index contributed by atoms with van der Waals surface area (Å²) >= 11 is 5.26. The van der Waals surface area contributed by atoms with Crippen molar-refractivity contribution in [1.29, 1.82) is 0 Å². The van der Waals surface area contributed by atoms with Crippen molar-refractivity contribution in [2.75, 3.05) is 0 Å². The lowest BCUT2D eigenvalue weighted by Gasteiger charge is -2.20. The summed E-state index contributed by atoms with van der Waals surface area (Å²) < 4.78 is 0. The normalized spacial score (nSPS) is 12.9. The van der Waals surface area contributed by atoms with E-state index in [1.165, 1.54) is 10.4 Å². The SMILES string of the molecule is CC(C)[C@H](NCc1csc(-c2ccsc2)n1)c1cccs1. The Morgan fingerprint density at radius 3 is 2.71 bits per heavy atom. The van der Waals surface area contributed by atoms with Gasteiger partial charge in [-0.25, -0.2) is 4.98 Å². The first-order valence-corrected chi connectivity index (χ1v) is 9.68. The summed E-state index contributed by atoms with van der Waals surface area (Å²) in [6.07, 6.45) is 0. The molecule has 0 aliphatic heterocycles. The molecule has 0 saturated carbocycles. The summed E-state index contributed by atoms with van der Waals surface area (Å²) in [6, 6.07) is 6.86. The fourth-order valence-corrected chi connectivity index (χ4v) is 4.76. The molecule has 1 N–H and O–H groups in total. The van der Waals surface area contributed by atoms with Gasteiger partial charge in [0.05, 0.1) is 5.69 Å². The minimum Gasteiger partial charge on any atom is -0.303 e. The molecule has 2 nitrogen and oxygen atoms in total. The summed E-state index contributed by atoms with van der Waals surface area (Å²) in [7, 11) is 0. The van der Waals surface area contributed by atoms with Crippen molar-refractivity contribution in [1.82, 2.24) is 10.3 Å². The van der Waals surface area contributed by atoms with Gasteiger partial charge in [-0.05, 0) is 28.8 Å². The van der Waals surface area contributed by atoms with Gasteiger partial charge in [0.15, 0.2) is 0 Å². The van der Waals surface area contributed by atoms with Crippen LogP contribution in [0.1, 0.15) is 30.5 Å². The van der Waals surface area contributed by atoms with E-state index in [2.05, 4.69) is 58.9 Å². The summed E-state index contributed by atoms with van der Waals surface area (Å²) in [5.74, 6) is 0.568. The average molecular weight is 335 g/mol. The minimum absolute atomic E-state index is 0.399. The minimum atomic E-state index is 0.399. The molecule has 0 spiro atoms. The summed E-state index contributed by atoms with van der Waals surface area (Å²) in [4.78, 5) is 6.13. The second-order valence-electron chi connectivity index (χ2n) is 5.27. The van der Waals surface area contributed by atoms with Crippen LogP contribution in [0.15, 0.2) is 39.7 Å². The number of nitrogens with one attached hydrogen (secondary N) is 1. The molecule has 0 bridgehead atoms. The number of thiophene rings is 2. The highest BCUT2D eigenvalue weighted by molar-refractivity contribution is 7.14. The zero-order chi connectivity index (χ0) is 14.7. The van der Waals surface area contributed by atoms with Crippen LogP contribution in [0.25, 0.3) is 10.6 Å². The van der Waals surface area contributed by atoms with Gasteiger partial charge in [0.2, 0.25) is 0 Å². The van der Waals surface area contributed by atoms with Crippen LogP contribution in [0.3, 0.4) is 0 Å². The van der Waals surface area contributed by atoms with Crippen molar-refractivity contribution in [3.63, 3.8) is 0 Å². The topological polar surface area (TPSA) is 24.9 Å². The Morgan fingerprint density at radius 2 is 2.05 bits per heavy atom. The van der Waals surface area contributed by atoms with Crippen molar-refractivity contribution < 1.29 is 0 Å². The number of thiazole rings is 1. The predicted octanol–water partition coefficient (Wildman–Crippen LogP) is 5.42. The highest BCUT2D eigenvalue weighted by Gasteiger charge is 2.16. The van der Waals surface area contributed by atoms with Crippen molar-refractivity contribution in [3.8, 4) is 10.6 Å². The standard InChI is InChI=1S/C16H18N2S3/c1-11(2)15(14-4-3-6-20-14)17-8-13-10-21-16(18-13)12-5-7-19-9-12/h3-7,9-11,15,17H,8H2,1-2H3/t15-/m0/s1. The van der Waals surface area contributed by atoms with Gasteiger partial charge in [0.25, 0.3) is 0 Å². The van der Waals surface area contributed by atoms with Gasteiger partial charge in [-0.3, -0.25) is 0 Å². The third-order valence-corrected chi connectivity index (χ3v) is 5.92. The van der Waals surface area contributed by atoms with Gasteiger partial charge in [-0.1, -0.05) is 19.9 Å². The van der Waals surface area contributed by atoms with E-state index in [9.17, 15) is 0 Å². The first kappa shape index (κ1) is 14.9. The molecule has 0 amide bonds. The third kappa shape index (κ3) is 3.61. The van der Waals surface area contributed by atoms with Crippen LogP contribution in [-0.4, -0.2) is 4.98 Å². The lowest BCUT2D eigenvalue weighted by atomic mass is 10.0. The Bertz CT molecular complexity index is 654. The third-order valence-electron chi connectivity index (χ3n) is 3.34. The molecule has 3 aromatic heterocycles. The van der Waals surface area contributed by atoms with E-state index in [1.807, 2.05) is 11.3 Å². The van der Waals surface area contributed by atoms with Gasteiger partial charge in [0.1, 0.15) is 5.01 Å². The molecule has 3 aromatic rings. The average Bonchev–Trinajstić information content (AvgIpc) is 3.21. The molecule has 21 heavy (non-hydrogen) atoms. The Hall–Kier alpha value is -1.01. The Balaban J connectivity index is 1.67. The molecule has 110 valence electrons. The van der Waals surface area contributed by atoms with Crippen LogP contribution in [0.4, 0.5) is 0 Å². The zero-order valence-corrected chi connectivity index (χ0v) is 14.5. The van der Waals surface area contributed by atoms with E-state index in [-0.39, 0.29) is 0 Å². The summed E-state index contributed by atoms with van der Waals surface area (Å²) in [5.41, 5.74) is 2.36. The fourth-order valence-electron chi connectivity index (χ4n) is 2.25. The first-order chi connectivity index (χ1) is 10.2. The largest absolute Gasteiger partial charge is 0.303 e. The van der Waals surface area contributed by atoms with Crippen molar-refractivity contribution in [2.45, 2.75) is 26.4 Å². The smallest absolute Gasteiger partial charge is 0.124 e. The number of nitrogens with zero attached hydrogens (tertiary/aromatic N) is 1. The van der Waals surface area contributed by atoms with Crippen LogP contribution < -0.4 is 5.32 Å². The maximum atomic E-state index is 4.73. The summed E-state index contributed by atoms with van der Waals surface area (Å²) in [5, 5.41) is 13.3. The second kappa shape index (κ2) is 6.83. The maximum Gasteiger partial charge on any atom is 0.124 e. The van der Waals surface area contributed by atoms with E-state index in [0.29, 0.717) is 12.0 Å². The lowest BCUT2D eigenvalue weighted by molar-refractivity contribution is 0.415. The number of hydrogen-bond acceptors (Lipinski definition) is 5. The molecule has 0 aromatic carbocycles. The zero-order valence-electron chi connectivity index (χ0n) is 12.1. The molecule has 0 saturated heterocycles. The van der Waals surface area contributed by atoms with Crippen LogP contribution >= 0.6 is 34.0 Å². The molecular weight excluding hydrogens is 316 g/mol. The van der Waals surface area contributed by atoms with E-state index >= 15 is 0 Å². The number of hydrogen-bond donors (Lipinski definition) is 1. The molecular formula is C16H18N2S3. The van der Waals surface area contributed by atoms with Gasteiger partial charge in [-0.2, -0.15) is 11.3 Å². The number of aromatic nitrogens is 1. The van der Waals surface area contributed by atoms with Crippen LogP contribution in [0.2, 0.25) is 0 Å². The Morgan fingerprint density at radius 1 is 1.14 bits per heavy atom. The monoisotopic (exact) mass is 334 g/mol. The molecule has 1 atom stereocenters. The number of rotatable bonds is 6. The Labute approximate surface area is 137 Å². The fraction of sp³-hybridized carbons (Fsp3) is 0.312. The molecule has 3 rings (SSSR count). The highest BCUT2D eigenvalue weighted by Crippen LogP contribution is 2.28. The van der Waals surface area contributed by atoms with Gasteiger partial charge in [0, 0.05) is 33.8 Å². The van der Waals surface area contributed by atoms with E-state index < -0.39 is 0 Å². The van der Waals surface area contributed by atoms with E-state index in [0.717, 1.165) is 17.2 Å². The van der Waals surface area contributed by atoms with E-state index in [1.54, 1.807) is 22.7 Å². The van der Waals surface area contributed by atoms with E-state index in [4.69, 9.17) is 4.98 Å². The van der Waals surface area contributed by atoms with Crippen LogP contribution in [0, 0.1) is 5.92 Å². The van der Waals surface area contributed by atoms with Crippen molar-refractivity contribution >= 4 is 34.0 Å². The predicted molar refractivity (Wildman–Crippen MR) is 94.2 cm³/mol.